The van der Waals surface area contributed by atoms with Crippen LogP contribution in [-0.4, -0.2) is 170 Å². The van der Waals surface area contributed by atoms with Gasteiger partial charge in [-0.1, -0.05) is 82.3 Å². The van der Waals surface area contributed by atoms with Crippen LogP contribution >= 0.6 is 21.6 Å². The Labute approximate surface area is 525 Å². The van der Waals surface area contributed by atoms with E-state index in [0.717, 1.165) is 32.5 Å². The first-order valence-electron chi connectivity index (χ1n) is 28.7. The molecule has 30 nitrogen and oxygen atoms in total. The maximum Gasteiger partial charge on any atom is 0.244 e. The van der Waals surface area contributed by atoms with Crippen LogP contribution < -0.4 is 76.5 Å². The van der Waals surface area contributed by atoms with Gasteiger partial charge in [-0.15, -0.1) is 0 Å². The number of aromatic nitrogens is 3. The number of hydrogen-bond donors (Lipinski definition) is 17. The summed E-state index contributed by atoms with van der Waals surface area (Å²) in [6.07, 6.45) is 3.97. The predicted molar refractivity (Wildman–Crippen MR) is 339 cm³/mol. The van der Waals surface area contributed by atoms with Crippen molar-refractivity contribution in [3.05, 3.63) is 120 Å². The van der Waals surface area contributed by atoms with Crippen molar-refractivity contribution in [2.45, 2.75) is 120 Å². The maximum absolute atomic E-state index is 14.8. The van der Waals surface area contributed by atoms with Gasteiger partial charge in [0.2, 0.25) is 59.1 Å². The summed E-state index contributed by atoms with van der Waals surface area (Å²) in [5.74, 6) is -9.47. The Morgan fingerprint density at radius 2 is 1.23 bits per heavy atom. The Morgan fingerprint density at radius 3 is 1.89 bits per heavy atom. The third-order valence-electron chi connectivity index (χ3n) is 14.1. The molecule has 2 aromatic heterocycles. The van der Waals surface area contributed by atoms with Gasteiger partial charge in [0.1, 0.15) is 60.1 Å². The number of rotatable bonds is 22. The lowest BCUT2D eigenvalue weighted by atomic mass is 10.0. The monoisotopic (exact) mass is 1280 g/mol. The number of nitrogens with one attached hydrogen (secondary N) is 11. The normalized spacial score (nSPS) is 20.6. The number of benzene rings is 3. The Hall–Kier alpha value is -9.85. The highest BCUT2D eigenvalue weighted by Gasteiger charge is 2.36. The van der Waals surface area contributed by atoms with E-state index in [1.54, 1.807) is 54.7 Å². The number of carbonyl (C=O) groups is 10. The highest BCUT2D eigenvalue weighted by molar-refractivity contribution is 8.76. The Kier molecular flexibility index (Phi) is 26.6. The van der Waals surface area contributed by atoms with Gasteiger partial charge in [0, 0.05) is 86.2 Å². The zero-order chi connectivity index (χ0) is 65.3. The number of primary amides is 1. The smallest absolute Gasteiger partial charge is 0.244 e. The van der Waals surface area contributed by atoms with Crippen LogP contribution in [0.15, 0.2) is 108 Å². The average Bonchev–Trinajstić information content (AvgIpc) is 1.88. The lowest BCUT2D eigenvalue weighted by Crippen LogP contribution is -2.61. The number of nitrogens with zero attached hydrogens (tertiary/aromatic N) is 3. The van der Waals surface area contributed by atoms with E-state index in [0.29, 0.717) is 22.4 Å². The molecule has 0 unspecified atom stereocenters. The molecule has 1 fully saturated rings. The SMILES string of the molecule is CC(=O)N[C@@H](Cc1ccc(O)cc1)C(=O)N[C@@H](CCCN=C(N)N)C(=O)N[C@H]1CSSC[C@@H](C(N)=O)NC(=O)[C@H](Cc2c[nH]c3ccccc23)NC(=O)[C@H](CCCN=C(N)N)NC(=O)[C@H](Cc2ccccc2)NC(=O)[C@H](Cc2cnc[nH]2)NC(=O)[C@H](C)NC1=O. The summed E-state index contributed by atoms with van der Waals surface area (Å²) in [4.78, 5) is 160. The summed E-state index contributed by atoms with van der Waals surface area (Å²) in [5, 5.41) is 34.7. The molecular formula is C58H77N19O11S2. The molecule has 3 aromatic carbocycles. The molecule has 32 heteroatoms. The van der Waals surface area contributed by atoms with E-state index in [1.807, 2.05) is 18.2 Å². The number of imidazole rings is 1. The van der Waals surface area contributed by atoms with Crippen LogP contribution in [-0.2, 0) is 73.6 Å². The van der Waals surface area contributed by atoms with Crippen LogP contribution in [0.1, 0.15) is 61.9 Å². The molecule has 0 aliphatic carbocycles. The third-order valence-corrected chi connectivity index (χ3v) is 16.5. The van der Waals surface area contributed by atoms with Gasteiger partial charge < -0.3 is 91.6 Å². The highest BCUT2D eigenvalue weighted by atomic mass is 33.1. The van der Waals surface area contributed by atoms with Gasteiger partial charge in [0.15, 0.2) is 11.9 Å². The molecule has 1 saturated heterocycles. The van der Waals surface area contributed by atoms with Gasteiger partial charge in [-0.05, 0) is 67.5 Å². The molecule has 6 rings (SSSR count). The molecule has 3 heterocycles. The molecular weight excluding hydrogens is 1200 g/mol. The molecule has 5 aromatic rings. The summed E-state index contributed by atoms with van der Waals surface area (Å²) in [7, 11) is 1.92. The number of H-pyrrole nitrogens is 2. The summed E-state index contributed by atoms with van der Waals surface area (Å²) in [6.45, 7) is 2.57. The summed E-state index contributed by atoms with van der Waals surface area (Å²) in [5.41, 5.74) is 31.1. The highest BCUT2D eigenvalue weighted by Crippen LogP contribution is 2.25. The summed E-state index contributed by atoms with van der Waals surface area (Å²) in [6, 6.07) is 9.02. The molecule has 482 valence electrons. The standard InChI is InChI=1S/C58H77N19O11S2/c1-31-49(81)73-45(25-36-27-64-30-68-36)55(87)74-43(22-33-10-4-3-5-11-33)53(85)72-40(14-8-20-65-57(60)61)50(82)75-44(24-35-26-67-39-13-7-6-12-38(35)39)54(86)76-46(48(59)80)28-89-90-29-47(56(88)69-31)77-51(83)41(15-9-21-66-58(62)63)71-52(84)42(70-32(2)78)23-34-16-18-37(79)19-17-34/h3-7,10-13,16-19,26-27,30-31,40-47,67,79H,8-9,14-15,20-25,28-29H2,1-2H3,(H2,59,80)(H,64,68)(H,69,88)(H,70,78)(H,71,84)(H,72,85)(H,73,81)(H,74,87)(H,75,82)(H,76,86)(H,77,83)(H4,60,61,65)(H4,62,63,66)/t31-,40-,41-,42-,43-,44-,45-,46-,47-/m0/s1. The quantitative estimate of drug-likeness (QED) is 0.0145. The van der Waals surface area contributed by atoms with Crippen molar-refractivity contribution >= 4 is 103 Å². The minimum Gasteiger partial charge on any atom is -0.508 e. The van der Waals surface area contributed by atoms with Crippen molar-refractivity contribution < 1.29 is 53.1 Å². The van der Waals surface area contributed by atoms with Crippen molar-refractivity contribution in [1.82, 2.24) is 62.8 Å². The van der Waals surface area contributed by atoms with Crippen molar-refractivity contribution in [3.63, 3.8) is 0 Å². The topological polar surface area (TPSA) is 498 Å². The number of carbonyl (C=O) groups excluding carboxylic acids is 10. The molecule has 1 aliphatic heterocycles. The Bertz CT molecular complexity index is 3340. The number of phenols is 1. The Balaban J connectivity index is 1.37. The molecule has 90 heavy (non-hydrogen) atoms. The number of guanidine groups is 2. The fraction of sp³-hybridized carbons (Fsp3) is 0.397. The number of aromatic hydroxyl groups is 1. The number of para-hydroxylation sites is 1. The first-order chi connectivity index (χ1) is 43.0. The number of aliphatic imine (C=N–C) groups is 2. The van der Waals surface area contributed by atoms with Crippen LogP contribution in [0.2, 0.25) is 0 Å². The second-order valence-electron chi connectivity index (χ2n) is 21.2. The van der Waals surface area contributed by atoms with Crippen molar-refractivity contribution in [2.24, 2.45) is 38.7 Å². The largest absolute Gasteiger partial charge is 0.508 e. The molecule has 0 saturated carbocycles. The van der Waals surface area contributed by atoms with E-state index < -0.39 is 113 Å². The third kappa shape index (κ3) is 22.4. The second kappa shape index (κ2) is 34.6. The van der Waals surface area contributed by atoms with E-state index in [4.69, 9.17) is 28.7 Å². The van der Waals surface area contributed by atoms with E-state index >= 15 is 0 Å². The molecule has 9 atom stereocenters. The van der Waals surface area contributed by atoms with Crippen molar-refractivity contribution in [1.29, 1.82) is 0 Å². The number of hydrogen-bond acceptors (Lipinski definition) is 16. The molecule has 22 N–H and O–H groups in total. The van der Waals surface area contributed by atoms with Crippen molar-refractivity contribution in [3.8, 4) is 5.75 Å². The summed E-state index contributed by atoms with van der Waals surface area (Å²) < 4.78 is 0. The van der Waals surface area contributed by atoms with Gasteiger partial charge in [0.05, 0.1) is 6.33 Å². The van der Waals surface area contributed by atoms with Gasteiger partial charge in [-0.3, -0.25) is 57.9 Å². The van der Waals surface area contributed by atoms with Gasteiger partial charge in [-0.2, -0.15) is 0 Å². The lowest BCUT2D eigenvalue weighted by Gasteiger charge is -2.27. The Morgan fingerprint density at radius 1 is 0.633 bits per heavy atom. The zero-order valence-corrected chi connectivity index (χ0v) is 51.1. The fourth-order valence-corrected chi connectivity index (χ4v) is 11.7. The predicted octanol–water partition coefficient (Wildman–Crippen LogP) is -2.74. The van der Waals surface area contributed by atoms with Gasteiger partial charge in [0.25, 0.3) is 0 Å². The number of phenolic OH excluding ortho intramolecular Hbond substituents is 1. The molecule has 0 spiro atoms. The van der Waals surface area contributed by atoms with E-state index in [9.17, 15) is 53.1 Å². The van der Waals surface area contributed by atoms with E-state index in [1.165, 1.54) is 38.5 Å². The minimum absolute atomic E-state index is 0.0178. The number of amides is 10. The number of fused-ring (bicyclic) bond motifs is 1. The van der Waals surface area contributed by atoms with Crippen LogP contribution in [0.25, 0.3) is 10.9 Å². The lowest BCUT2D eigenvalue weighted by molar-refractivity contribution is -0.135. The fourth-order valence-electron chi connectivity index (χ4n) is 9.40. The minimum atomic E-state index is -1.53. The zero-order valence-electron chi connectivity index (χ0n) is 49.5. The molecule has 0 radical (unpaired) electrons. The second-order valence-corrected chi connectivity index (χ2v) is 23.7. The molecule has 1 aliphatic rings. The molecule has 10 amide bonds. The van der Waals surface area contributed by atoms with Crippen LogP contribution in [0.5, 0.6) is 5.75 Å². The van der Waals surface area contributed by atoms with E-state index in [2.05, 4.69) is 72.8 Å². The van der Waals surface area contributed by atoms with Crippen molar-refractivity contribution in [2.75, 3.05) is 24.6 Å². The first kappa shape index (κ1) is 69.3. The number of nitrogens with two attached hydrogens (primary N) is 5. The van der Waals surface area contributed by atoms with Crippen LogP contribution in [0.3, 0.4) is 0 Å². The maximum atomic E-state index is 14.8. The summed E-state index contributed by atoms with van der Waals surface area (Å²) >= 11 is 0. The van der Waals surface area contributed by atoms with Crippen LogP contribution in [0, 0.1) is 0 Å². The number of aromatic amines is 2. The molecule has 0 bridgehead atoms. The van der Waals surface area contributed by atoms with Gasteiger partial charge >= 0.3 is 0 Å². The van der Waals surface area contributed by atoms with Crippen LogP contribution in [0.4, 0.5) is 0 Å². The van der Waals surface area contributed by atoms with Gasteiger partial charge in [-0.25, -0.2) is 4.98 Å². The first-order valence-corrected chi connectivity index (χ1v) is 31.2. The van der Waals surface area contributed by atoms with E-state index in [-0.39, 0.29) is 93.6 Å². The average molecular weight is 1280 g/mol.